The fourth-order valence-corrected chi connectivity index (χ4v) is 2.20. The standard InChI is InChI=1S/C11H15Cl2N/c1-5(2)8-6(3)9(12)7(4)10(13)11(8)14/h5H,14H2,1-4H3. The van der Waals surface area contributed by atoms with Crippen molar-refractivity contribution in [2.24, 2.45) is 0 Å². The maximum Gasteiger partial charge on any atom is 0.0682 e. The van der Waals surface area contributed by atoms with E-state index < -0.39 is 0 Å². The lowest BCUT2D eigenvalue weighted by molar-refractivity contribution is 0.859. The maximum absolute atomic E-state index is 6.16. The third-order valence-corrected chi connectivity index (χ3v) is 3.55. The van der Waals surface area contributed by atoms with Crippen molar-refractivity contribution < 1.29 is 0 Å². The highest BCUT2D eigenvalue weighted by Gasteiger charge is 2.17. The molecular formula is C11H15Cl2N. The van der Waals surface area contributed by atoms with Gasteiger partial charge in [-0.15, -0.1) is 0 Å². The van der Waals surface area contributed by atoms with Gasteiger partial charge in [0.25, 0.3) is 0 Å². The smallest absolute Gasteiger partial charge is 0.0682 e. The van der Waals surface area contributed by atoms with Gasteiger partial charge in [-0.2, -0.15) is 0 Å². The van der Waals surface area contributed by atoms with Crippen molar-refractivity contribution in [1.82, 2.24) is 0 Å². The van der Waals surface area contributed by atoms with Crippen LogP contribution in [0.2, 0.25) is 10.0 Å². The fraction of sp³-hybridized carbons (Fsp3) is 0.455. The predicted octanol–water partition coefficient (Wildman–Crippen LogP) is 4.32. The maximum atomic E-state index is 6.16. The van der Waals surface area contributed by atoms with Crippen LogP contribution in [-0.4, -0.2) is 0 Å². The summed E-state index contributed by atoms with van der Waals surface area (Å²) in [6.45, 7) is 8.04. The normalized spacial score (nSPS) is 11.1. The molecule has 0 saturated heterocycles. The molecular weight excluding hydrogens is 217 g/mol. The average molecular weight is 232 g/mol. The van der Waals surface area contributed by atoms with Gasteiger partial charge in [-0.3, -0.25) is 0 Å². The van der Waals surface area contributed by atoms with Crippen LogP contribution in [-0.2, 0) is 0 Å². The van der Waals surface area contributed by atoms with Crippen molar-refractivity contribution in [3.8, 4) is 0 Å². The van der Waals surface area contributed by atoms with Gasteiger partial charge in [0.2, 0.25) is 0 Å². The van der Waals surface area contributed by atoms with E-state index in [1.807, 2.05) is 13.8 Å². The van der Waals surface area contributed by atoms with Gasteiger partial charge in [-0.05, 0) is 36.5 Å². The molecule has 0 radical (unpaired) electrons. The highest BCUT2D eigenvalue weighted by molar-refractivity contribution is 6.38. The summed E-state index contributed by atoms with van der Waals surface area (Å²) in [6, 6.07) is 0. The van der Waals surface area contributed by atoms with Gasteiger partial charge in [-0.1, -0.05) is 37.0 Å². The molecule has 1 aromatic rings. The Balaban J connectivity index is 3.60. The number of anilines is 1. The van der Waals surface area contributed by atoms with Gasteiger partial charge in [0.05, 0.1) is 10.7 Å². The Hall–Kier alpha value is -0.400. The largest absolute Gasteiger partial charge is 0.397 e. The first kappa shape index (κ1) is 11.7. The summed E-state index contributed by atoms with van der Waals surface area (Å²) in [7, 11) is 0. The molecule has 0 bridgehead atoms. The summed E-state index contributed by atoms with van der Waals surface area (Å²) < 4.78 is 0. The average Bonchev–Trinajstić information content (AvgIpc) is 2.11. The zero-order valence-electron chi connectivity index (χ0n) is 8.91. The Morgan fingerprint density at radius 1 is 1.00 bits per heavy atom. The number of hydrogen-bond donors (Lipinski definition) is 1. The van der Waals surface area contributed by atoms with E-state index in [1.54, 1.807) is 0 Å². The van der Waals surface area contributed by atoms with Crippen molar-refractivity contribution in [1.29, 1.82) is 0 Å². The molecule has 0 aromatic heterocycles. The number of hydrogen-bond acceptors (Lipinski definition) is 1. The minimum Gasteiger partial charge on any atom is -0.397 e. The van der Waals surface area contributed by atoms with Crippen LogP contribution >= 0.6 is 23.2 Å². The lowest BCUT2D eigenvalue weighted by Crippen LogP contribution is -2.03. The van der Waals surface area contributed by atoms with Crippen LogP contribution in [0.5, 0.6) is 0 Å². The zero-order valence-corrected chi connectivity index (χ0v) is 10.4. The Morgan fingerprint density at radius 3 is 1.93 bits per heavy atom. The van der Waals surface area contributed by atoms with Crippen LogP contribution in [0.4, 0.5) is 5.69 Å². The molecule has 0 spiro atoms. The second-order valence-electron chi connectivity index (χ2n) is 3.86. The van der Waals surface area contributed by atoms with Crippen LogP contribution in [0.3, 0.4) is 0 Å². The van der Waals surface area contributed by atoms with E-state index >= 15 is 0 Å². The second-order valence-corrected chi connectivity index (χ2v) is 4.62. The molecule has 1 aromatic carbocycles. The quantitative estimate of drug-likeness (QED) is 0.717. The first-order valence-electron chi connectivity index (χ1n) is 4.61. The summed E-state index contributed by atoms with van der Waals surface area (Å²) in [6.07, 6.45) is 0. The third-order valence-electron chi connectivity index (χ3n) is 2.50. The fourth-order valence-electron chi connectivity index (χ4n) is 1.76. The molecule has 0 aliphatic rings. The Labute approximate surface area is 95.2 Å². The van der Waals surface area contributed by atoms with E-state index in [0.717, 1.165) is 21.7 Å². The molecule has 0 fully saturated rings. The molecule has 0 atom stereocenters. The molecule has 0 heterocycles. The van der Waals surface area contributed by atoms with E-state index in [4.69, 9.17) is 28.9 Å². The molecule has 3 heteroatoms. The minimum atomic E-state index is 0.339. The summed E-state index contributed by atoms with van der Waals surface area (Å²) in [4.78, 5) is 0. The molecule has 78 valence electrons. The van der Waals surface area contributed by atoms with Crippen LogP contribution in [0.1, 0.15) is 36.5 Å². The van der Waals surface area contributed by atoms with Gasteiger partial charge < -0.3 is 5.73 Å². The molecule has 14 heavy (non-hydrogen) atoms. The van der Waals surface area contributed by atoms with Crippen molar-refractivity contribution in [3.05, 3.63) is 26.7 Å². The number of halogens is 2. The van der Waals surface area contributed by atoms with Crippen LogP contribution in [0, 0.1) is 13.8 Å². The third kappa shape index (κ3) is 1.71. The lowest BCUT2D eigenvalue weighted by atomic mass is 9.94. The molecule has 0 aliphatic carbocycles. The molecule has 2 N–H and O–H groups in total. The van der Waals surface area contributed by atoms with Crippen molar-refractivity contribution >= 4 is 28.9 Å². The number of nitrogen functional groups attached to an aromatic ring is 1. The van der Waals surface area contributed by atoms with Crippen LogP contribution in [0.15, 0.2) is 0 Å². The number of benzene rings is 1. The van der Waals surface area contributed by atoms with Crippen LogP contribution in [0.25, 0.3) is 0 Å². The van der Waals surface area contributed by atoms with Crippen LogP contribution < -0.4 is 5.73 Å². The zero-order chi connectivity index (χ0) is 11.0. The number of rotatable bonds is 1. The lowest BCUT2D eigenvalue weighted by Gasteiger charge is -2.18. The molecule has 1 rings (SSSR count). The highest BCUT2D eigenvalue weighted by atomic mass is 35.5. The topological polar surface area (TPSA) is 26.0 Å². The van der Waals surface area contributed by atoms with Gasteiger partial charge in [0, 0.05) is 5.02 Å². The van der Waals surface area contributed by atoms with Crippen molar-refractivity contribution in [2.75, 3.05) is 5.73 Å². The van der Waals surface area contributed by atoms with E-state index in [9.17, 15) is 0 Å². The van der Waals surface area contributed by atoms with E-state index in [0.29, 0.717) is 16.6 Å². The van der Waals surface area contributed by atoms with E-state index in [-0.39, 0.29) is 0 Å². The summed E-state index contributed by atoms with van der Waals surface area (Å²) >= 11 is 12.3. The number of nitrogens with two attached hydrogens (primary N) is 1. The predicted molar refractivity (Wildman–Crippen MR) is 64.4 cm³/mol. The van der Waals surface area contributed by atoms with Gasteiger partial charge in [0.1, 0.15) is 0 Å². The molecule has 0 amide bonds. The Bertz CT molecular complexity index is 341. The first-order valence-corrected chi connectivity index (χ1v) is 5.37. The summed E-state index contributed by atoms with van der Waals surface area (Å²) in [5, 5.41) is 1.32. The monoisotopic (exact) mass is 231 g/mol. The second kappa shape index (κ2) is 4.00. The first-order chi connectivity index (χ1) is 6.37. The van der Waals surface area contributed by atoms with Gasteiger partial charge >= 0.3 is 0 Å². The molecule has 0 saturated carbocycles. The van der Waals surface area contributed by atoms with Crippen molar-refractivity contribution in [3.63, 3.8) is 0 Å². The van der Waals surface area contributed by atoms with Gasteiger partial charge in [0.15, 0.2) is 0 Å². The Morgan fingerprint density at radius 2 is 1.50 bits per heavy atom. The highest BCUT2D eigenvalue weighted by Crippen LogP contribution is 2.39. The molecule has 1 nitrogen and oxygen atoms in total. The van der Waals surface area contributed by atoms with E-state index in [2.05, 4.69) is 13.8 Å². The van der Waals surface area contributed by atoms with Gasteiger partial charge in [-0.25, -0.2) is 0 Å². The summed E-state index contributed by atoms with van der Waals surface area (Å²) in [5.41, 5.74) is 9.60. The molecule has 0 unspecified atom stereocenters. The summed E-state index contributed by atoms with van der Waals surface area (Å²) in [5.74, 6) is 0.339. The van der Waals surface area contributed by atoms with E-state index in [1.165, 1.54) is 0 Å². The van der Waals surface area contributed by atoms with Crippen molar-refractivity contribution in [2.45, 2.75) is 33.6 Å². The molecule has 0 aliphatic heterocycles. The Kier molecular flexibility index (Phi) is 3.33. The minimum absolute atomic E-state index is 0.339. The SMILES string of the molecule is Cc1c(Cl)c(C)c(C(C)C)c(N)c1Cl.